The quantitative estimate of drug-likeness (QED) is 0.565. The van der Waals surface area contributed by atoms with Crippen LogP contribution in [0.3, 0.4) is 0 Å². The second kappa shape index (κ2) is 8.19. The maximum atomic E-state index is 12.4. The molecule has 1 aromatic rings. The highest BCUT2D eigenvalue weighted by Gasteiger charge is 2.51. The van der Waals surface area contributed by atoms with Gasteiger partial charge in [0.1, 0.15) is 5.75 Å². The molecule has 9 heteroatoms. The van der Waals surface area contributed by atoms with Gasteiger partial charge in [0.25, 0.3) is 5.91 Å². The normalized spacial score (nSPS) is 29.4. The second-order valence-corrected chi connectivity index (χ2v) is 11.0. The number of carbonyl (C=O) groups is 2. The molecule has 0 aromatic heterocycles. The van der Waals surface area contributed by atoms with E-state index in [4.69, 9.17) is 4.74 Å². The van der Waals surface area contributed by atoms with Crippen LogP contribution in [0.2, 0.25) is 0 Å². The summed E-state index contributed by atoms with van der Waals surface area (Å²) in [5.74, 6) is 1.98. The molecule has 4 bridgehead atoms. The fourth-order valence-corrected chi connectivity index (χ4v) is 7.06. The first-order valence-corrected chi connectivity index (χ1v) is 12.0. The third kappa shape index (κ3) is 4.62. The number of hydrogen-bond donors (Lipinski definition) is 3. The Morgan fingerprint density at radius 2 is 1.50 bits per heavy atom. The van der Waals surface area contributed by atoms with Crippen molar-refractivity contribution in [1.29, 1.82) is 0 Å². The monoisotopic (exact) mass is 435 g/mol. The summed E-state index contributed by atoms with van der Waals surface area (Å²) in [4.78, 5) is 24.5. The predicted molar refractivity (Wildman–Crippen MR) is 110 cm³/mol. The van der Waals surface area contributed by atoms with Crippen LogP contribution in [-0.2, 0) is 19.6 Å². The van der Waals surface area contributed by atoms with E-state index in [1.165, 1.54) is 50.6 Å². The molecule has 30 heavy (non-hydrogen) atoms. The van der Waals surface area contributed by atoms with Crippen LogP contribution in [0.25, 0.3) is 0 Å². The summed E-state index contributed by atoms with van der Waals surface area (Å²) in [5.41, 5.74) is 4.86. The Hall–Kier alpha value is -2.13. The molecule has 2 amide bonds. The molecule has 0 aliphatic heterocycles. The average Bonchev–Trinajstić information content (AvgIpc) is 2.69. The van der Waals surface area contributed by atoms with Crippen LogP contribution in [0.1, 0.15) is 44.9 Å². The minimum Gasteiger partial charge on any atom is -0.497 e. The van der Waals surface area contributed by atoms with Crippen molar-refractivity contribution in [3.8, 4) is 5.75 Å². The van der Waals surface area contributed by atoms with Gasteiger partial charge in [0.2, 0.25) is 15.9 Å². The molecule has 4 aliphatic carbocycles. The number of amides is 2. The van der Waals surface area contributed by atoms with Crippen LogP contribution in [-0.4, -0.2) is 33.9 Å². The molecule has 4 saturated carbocycles. The first-order chi connectivity index (χ1) is 14.3. The molecule has 4 aliphatic rings. The maximum absolute atomic E-state index is 12.4. The van der Waals surface area contributed by atoms with Gasteiger partial charge < -0.3 is 4.74 Å². The Morgan fingerprint density at radius 3 is 2.03 bits per heavy atom. The topological polar surface area (TPSA) is 114 Å². The third-order valence-corrected chi connectivity index (χ3v) is 8.25. The molecule has 0 spiro atoms. The number of nitrogens with one attached hydrogen (secondary N) is 3. The van der Waals surface area contributed by atoms with Crippen molar-refractivity contribution in [1.82, 2.24) is 15.6 Å². The van der Waals surface area contributed by atoms with Gasteiger partial charge in [-0.15, -0.1) is 0 Å². The molecule has 0 radical (unpaired) electrons. The summed E-state index contributed by atoms with van der Waals surface area (Å²) in [6, 6.07) is 5.84. The summed E-state index contributed by atoms with van der Waals surface area (Å²) >= 11 is 0. The summed E-state index contributed by atoms with van der Waals surface area (Å²) in [6.45, 7) is -0.466. The van der Waals surface area contributed by atoms with Crippen molar-refractivity contribution in [3.63, 3.8) is 0 Å². The molecule has 1 aromatic carbocycles. The first kappa shape index (κ1) is 21.1. The van der Waals surface area contributed by atoms with Crippen molar-refractivity contribution >= 4 is 21.8 Å². The standard InChI is InChI=1S/C21H29N3O5S/c1-29-17-2-4-18(5-3-17)30(27,28)22-13-20(26)24-23-19(25)12-21-9-14-6-15(10-21)8-16(7-14)11-21/h2-5,14-16,22H,6-13H2,1H3,(H,23,25)(H,24,26). The number of benzene rings is 1. The lowest BCUT2D eigenvalue weighted by Gasteiger charge is -2.56. The molecule has 5 rings (SSSR count). The van der Waals surface area contributed by atoms with Gasteiger partial charge in [-0.1, -0.05) is 0 Å². The minimum absolute atomic E-state index is 0.0296. The van der Waals surface area contributed by atoms with Crippen molar-refractivity contribution < 1.29 is 22.7 Å². The molecule has 0 heterocycles. The molecular formula is C21H29N3O5S. The summed E-state index contributed by atoms with van der Waals surface area (Å²) in [6.07, 6.45) is 7.70. The number of methoxy groups -OCH3 is 1. The van der Waals surface area contributed by atoms with Crippen molar-refractivity contribution in [2.75, 3.05) is 13.7 Å². The number of ether oxygens (including phenoxy) is 1. The SMILES string of the molecule is COc1ccc(S(=O)(=O)NCC(=O)NNC(=O)CC23CC4CC(CC(C4)C2)C3)cc1. The fourth-order valence-electron chi connectivity index (χ4n) is 6.07. The van der Waals surface area contributed by atoms with Crippen molar-refractivity contribution in [3.05, 3.63) is 24.3 Å². The number of hydrogen-bond acceptors (Lipinski definition) is 5. The summed E-state index contributed by atoms with van der Waals surface area (Å²) in [5, 5.41) is 0. The second-order valence-electron chi connectivity index (χ2n) is 9.19. The molecule has 0 saturated heterocycles. The zero-order valence-electron chi connectivity index (χ0n) is 17.1. The van der Waals surface area contributed by atoms with Crippen LogP contribution < -0.4 is 20.3 Å². The van der Waals surface area contributed by atoms with E-state index in [2.05, 4.69) is 15.6 Å². The van der Waals surface area contributed by atoms with Crippen LogP contribution >= 0.6 is 0 Å². The van der Waals surface area contributed by atoms with Gasteiger partial charge in [0.15, 0.2) is 0 Å². The zero-order valence-corrected chi connectivity index (χ0v) is 18.0. The molecule has 0 atom stereocenters. The van der Waals surface area contributed by atoms with E-state index in [9.17, 15) is 18.0 Å². The van der Waals surface area contributed by atoms with E-state index in [0.29, 0.717) is 12.2 Å². The lowest BCUT2D eigenvalue weighted by atomic mass is 9.49. The van der Waals surface area contributed by atoms with E-state index in [1.807, 2.05) is 0 Å². The summed E-state index contributed by atoms with van der Waals surface area (Å²) in [7, 11) is -2.34. The van der Waals surface area contributed by atoms with Crippen molar-refractivity contribution in [2.45, 2.75) is 49.8 Å². The van der Waals surface area contributed by atoms with Gasteiger partial charge in [0, 0.05) is 6.42 Å². The molecule has 164 valence electrons. The number of rotatable bonds is 7. The van der Waals surface area contributed by atoms with Gasteiger partial charge in [-0.25, -0.2) is 13.1 Å². The van der Waals surface area contributed by atoms with Gasteiger partial charge >= 0.3 is 0 Å². The molecular weight excluding hydrogens is 406 g/mol. The van der Waals surface area contributed by atoms with Crippen LogP contribution in [0.15, 0.2) is 29.2 Å². The first-order valence-electron chi connectivity index (χ1n) is 10.5. The molecule has 0 unspecified atom stereocenters. The van der Waals surface area contributed by atoms with Gasteiger partial charge in [0.05, 0.1) is 18.6 Å². The van der Waals surface area contributed by atoms with E-state index in [0.717, 1.165) is 37.0 Å². The van der Waals surface area contributed by atoms with Gasteiger partial charge in [-0.2, -0.15) is 0 Å². The van der Waals surface area contributed by atoms with Crippen LogP contribution in [0, 0.1) is 23.2 Å². The Balaban J connectivity index is 1.23. The number of hydrazine groups is 1. The Bertz CT molecular complexity index is 878. The van der Waals surface area contributed by atoms with E-state index < -0.39 is 22.5 Å². The molecule has 3 N–H and O–H groups in total. The fraction of sp³-hybridized carbons (Fsp3) is 0.619. The lowest BCUT2D eigenvalue weighted by molar-refractivity contribution is -0.133. The maximum Gasteiger partial charge on any atom is 0.253 e. The van der Waals surface area contributed by atoms with E-state index in [-0.39, 0.29) is 16.2 Å². The highest BCUT2D eigenvalue weighted by atomic mass is 32.2. The Kier molecular flexibility index (Phi) is 5.76. The zero-order chi connectivity index (χ0) is 21.4. The lowest BCUT2D eigenvalue weighted by Crippen LogP contribution is -2.51. The Labute approximate surface area is 177 Å². The minimum atomic E-state index is -3.83. The largest absolute Gasteiger partial charge is 0.497 e. The summed E-state index contributed by atoms with van der Waals surface area (Å²) < 4.78 is 31.8. The third-order valence-electron chi connectivity index (χ3n) is 6.83. The number of sulfonamides is 1. The van der Waals surface area contributed by atoms with Gasteiger partial charge in [-0.3, -0.25) is 20.4 Å². The molecule has 4 fully saturated rings. The smallest absolute Gasteiger partial charge is 0.253 e. The Morgan fingerprint density at radius 1 is 0.967 bits per heavy atom. The van der Waals surface area contributed by atoms with E-state index in [1.54, 1.807) is 0 Å². The predicted octanol–water partition coefficient (Wildman–Crippen LogP) is 1.73. The van der Waals surface area contributed by atoms with Crippen LogP contribution in [0.5, 0.6) is 5.75 Å². The van der Waals surface area contributed by atoms with E-state index >= 15 is 0 Å². The number of carbonyl (C=O) groups excluding carboxylic acids is 2. The molecule has 8 nitrogen and oxygen atoms in total. The van der Waals surface area contributed by atoms with Gasteiger partial charge in [-0.05, 0) is 86.0 Å². The highest BCUT2D eigenvalue weighted by Crippen LogP contribution is 2.61. The average molecular weight is 436 g/mol. The highest BCUT2D eigenvalue weighted by molar-refractivity contribution is 7.89. The van der Waals surface area contributed by atoms with Crippen LogP contribution in [0.4, 0.5) is 0 Å². The van der Waals surface area contributed by atoms with Crippen molar-refractivity contribution in [2.24, 2.45) is 23.2 Å².